The molecule has 0 radical (unpaired) electrons. The molecule has 0 amide bonds. The van der Waals surface area contributed by atoms with Gasteiger partial charge in [0, 0.05) is 6.04 Å². The third kappa shape index (κ3) is 3.14. The molecule has 1 aliphatic rings. The SMILES string of the molecule is Cl.N[C@@H](c1cc(F)cc(C(F)(F)F)c1)C1CCC1. The van der Waals surface area contributed by atoms with Gasteiger partial charge in [0.15, 0.2) is 0 Å². The molecule has 1 nitrogen and oxygen atoms in total. The molecule has 0 aromatic heterocycles. The highest BCUT2D eigenvalue weighted by Crippen LogP contribution is 2.38. The van der Waals surface area contributed by atoms with Crippen LogP contribution in [0.3, 0.4) is 0 Å². The van der Waals surface area contributed by atoms with E-state index in [-0.39, 0.29) is 23.9 Å². The van der Waals surface area contributed by atoms with Crippen molar-refractivity contribution < 1.29 is 17.6 Å². The minimum atomic E-state index is -4.53. The molecule has 0 saturated heterocycles. The number of rotatable bonds is 2. The topological polar surface area (TPSA) is 26.0 Å². The van der Waals surface area contributed by atoms with Gasteiger partial charge >= 0.3 is 6.18 Å². The first-order valence-corrected chi connectivity index (χ1v) is 5.51. The molecular formula is C12H14ClF4N. The van der Waals surface area contributed by atoms with Crippen molar-refractivity contribution in [2.45, 2.75) is 31.5 Å². The monoisotopic (exact) mass is 283 g/mol. The van der Waals surface area contributed by atoms with E-state index in [1.807, 2.05) is 0 Å². The van der Waals surface area contributed by atoms with Gasteiger partial charge in [-0.05, 0) is 42.5 Å². The van der Waals surface area contributed by atoms with Crippen LogP contribution in [0, 0.1) is 11.7 Å². The summed E-state index contributed by atoms with van der Waals surface area (Å²) in [5.41, 5.74) is 5.12. The molecule has 1 atom stereocenters. The number of nitrogens with two attached hydrogens (primary N) is 1. The average Bonchev–Trinajstić information content (AvgIpc) is 2.12. The Balaban J connectivity index is 0.00000162. The van der Waals surface area contributed by atoms with Crippen LogP contribution in [0.15, 0.2) is 18.2 Å². The Morgan fingerprint density at radius 3 is 2.22 bits per heavy atom. The maximum atomic E-state index is 13.1. The predicted molar refractivity (Wildman–Crippen MR) is 62.9 cm³/mol. The van der Waals surface area contributed by atoms with Crippen LogP contribution in [0.5, 0.6) is 0 Å². The molecule has 2 rings (SSSR count). The molecular weight excluding hydrogens is 270 g/mol. The number of hydrogen-bond acceptors (Lipinski definition) is 1. The maximum Gasteiger partial charge on any atom is 0.416 e. The Labute approximate surface area is 109 Å². The molecule has 2 N–H and O–H groups in total. The highest BCUT2D eigenvalue weighted by molar-refractivity contribution is 5.85. The van der Waals surface area contributed by atoms with Crippen LogP contribution in [0.25, 0.3) is 0 Å². The normalized spacial score (nSPS) is 17.8. The zero-order valence-corrected chi connectivity index (χ0v) is 10.3. The Kier molecular flexibility index (Phi) is 4.61. The average molecular weight is 284 g/mol. The van der Waals surface area contributed by atoms with Crippen molar-refractivity contribution >= 4 is 12.4 Å². The van der Waals surface area contributed by atoms with E-state index in [0.717, 1.165) is 31.4 Å². The lowest BCUT2D eigenvalue weighted by atomic mass is 9.77. The zero-order valence-electron chi connectivity index (χ0n) is 9.51. The van der Waals surface area contributed by atoms with Gasteiger partial charge in [0.25, 0.3) is 0 Å². The fourth-order valence-electron chi connectivity index (χ4n) is 2.04. The van der Waals surface area contributed by atoms with Crippen molar-refractivity contribution in [1.82, 2.24) is 0 Å². The predicted octanol–water partition coefficient (Wildman–Crippen LogP) is 4.07. The van der Waals surface area contributed by atoms with Gasteiger partial charge in [-0.2, -0.15) is 13.2 Å². The summed E-state index contributed by atoms with van der Waals surface area (Å²) >= 11 is 0. The minimum Gasteiger partial charge on any atom is -0.324 e. The summed E-state index contributed by atoms with van der Waals surface area (Å²) in [6.45, 7) is 0. The molecule has 0 aliphatic heterocycles. The standard InChI is InChI=1S/C12H13F4N.ClH/c13-10-5-8(11(17)7-2-1-3-7)4-9(6-10)12(14,15)16;/h4-7,11H,1-3,17H2;1H/t11-;/m1./s1. The summed E-state index contributed by atoms with van der Waals surface area (Å²) in [4.78, 5) is 0. The first-order chi connectivity index (χ1) is 7.88. The second-order valence-electron chi connectivity index (χ2n) is 4.49. The third-order valence-electron chi connectivity index (χ3n) is 3.29. The van der Waals surface area contributed by atoms with E-state index in [2.05, 4.69) is 0 Å². The molecule has 1 saturated carbocycles. The fourth-order valence-corrected chi connectivity index (χ4v) is 2.04. The Morgan fingerprint density at radius 1 is 1.17 bits per heavy atom. The maximum absolute atomic E-state index is 13.1. The molecule has 0 bridgehead atoms. The highest BCUT2D eigenvalue weighted by atomic mass is 35.5. The summed E-state index contributed by atoms with van der Waals surface area (Å²) in [5, 5.41) is 0. The van der Waals surface area contributed by atoms with Crippen LogP contribution in [-0.4, -0.2) is 0 Å². The van der Waals surface area contributed by atoms with Gasteiger partial charge in [-0.3, -0.25) is 0 Å². The van der Waals surface area contributed by atoms with Gasteiger partial charge in [0.1, 0.15) is 5.82 Å². The molecule has 18 heavy (non-hydrogen) atoms. The van der Waals surface area contributed by atoms with Crippen LogP contribution in [0.2, 0.25) is 0 Å². The summed E-state index contributed by atoms with van der Waals surface area (Å²) in [6.07, 6.45) is -1.69. The molecule has 6 heteroatoms. The van der Waals surface area contributed by atoms with Crippen molar-refractivity contribution in [3.8, 4) is 0 Å². The van der Waals surface area contributed by atoms with Gasteiger partial charge in [0.05, 0.1) is 5.56 Å². The summed E-state index contributed by atoms with van der Waals surface area (Å²) in [5.74, 6) is -0.706. The summed E-state index contributed by atoms with van der Waals surface area (Å²) in [7, 11) is 0. The lowest BCUT2D eigenvalue weighted by Crippen LogP contribution is -2.27. The second kappa shape index (κ2) is 5.45. The number of benzene rings is 1. The van der Waals surface area contributed by atoms with E-state index in [1.54, 1.807) is 0 Å². The Bertz CT molecular complexity index is 415. The number of hydrogen-bond donors (Lipinski definition) is 1. The van der Waals surface area contributed by atoms with E-state index in [9.17, 15) is 17.6 Å². The molecule has 0 heterocycles. The van der Waals surface area contributed by atoms with Crippen molar-refractivity contribution in [1.29, 1.82) is 0 Å². The third-order valence-corrected chi connectivity index (χ3v) is 3.29. The van der Waals surface area contributed by atoms with Crippen LogP contribution in [0.4, 0.5) is 17.6 Å². The lowest BCUT2D eigenvalue weighted by Gasteiger charge is -2.31. The van der Waals surface area contributed by atoms with Gasteiger partial charge < -0.3 is 5.73 Å². The van der Waals surface area contributed by atoms with E-state index in [4.69, 9.17) is 5.73 Å². The largest absolute Gasteiger partial charge is 0.416 e. The Morgan fingerprint density at radius 2 is 1.78 bits per heavy atom. The van der Waals surface area contributed by atoms with Crippen LogP contribution >= 0.6 is 12.4 Å². The van der Waals surface area contributed by atoms with Crippen LogP contribution < -0.4 is 5.73 Å². The van der Waals surface area contributed by atoms with E-state index < -0.39 is 23.6 Å². The van der Waals surface area contributed by atoms with Gasteiger partial charge in [-0.1, -0.05) is 6.42 Å². The van der Waals surface area contributed by atoms with Crippen molar-refractivity contribution in [2.24, 2.45) is 11.7 Å². The number of halogens is 5. The first-order valence-electron chi connectivity index (χ1n) is 5.51. The van der Waals surface area contributed by atoms with Crippen molar-refractivity contribution in [2.75, 3.05) is 0 Å². The van der Waals surface area contributed by atoms with Crippen molar-refractivity contribution in [3.63, 3.8) is 0 Å². The van der Waals surface area contributed by atoms with E-state index in [0.29, 0.717) is 6.07 Å². The first kappa shape index (κ1) is 15.2. The molecule has 102 valence electrons. The lowest BCUT2D eigenvalue weighted by molar-refractivity contribution is -0.137. The quantitative estimate of drug-likeness (QED) is 0.814. The fraction of sp³-hybridized carbons (Fsp3) is 0.500. The molecule has 1 aromatic rings. The highest BCUT2D eigenvalue weighted by Gasteiger charge is 2.33. The van der Waals surface area contributed by atoms with Gasteiger partial charge in [-0.25, -0.2) is 4.39 Å². The minimum absolute atomic E-state index is 0. The smallest absolute Gasteiger partial charge is 0.324 e. The zero-order chi connectivity index (χ0) is 12.6. The van der Waals surface area contributed by atoms with E-state index >= 15 is 0 Å². The van der Waals surface area contributed by atoms with Crippen LogP contribution in [0.1, 0.15) is 36.4 Å². The summed E-state index contributed by atoms with van der Waals surface area (Å²) in [6, 6.07) is 2.04. The van der Waals surface area contributed by atoms with Crippen LogP contribution in [-0.2, 0) is 6.18 Å². The molecule has 1 fully saturated rings. The van der Waals surface area contributed by atoms with E-state index in [1.165, 1.54) is 0 Å². The number of alkyl halides is 3. The molecule has 0 spiro atoms. The molecule has 1 aliphatic carbocycles. The van der Waals surface area contributed by atoms with Gasteiger partial charge in [-0.15, -0.1) is 12.4 Å². The summed E-state index contributed by atoms with van der Waals surface area (Å²) < 4.78 is 50.7. The Hall–Kier alpha value is -0.810. The second-order valence-corrected chi connectivity index (χ2v) is 4.49. The van der Waals surface area contributed by atoms with Crippen molar-refractivity contribution in [3.05, 3.63) is 35.1 Å². The molecule has 1 aromatic carbocycles. The van der Waals surface area contributed by atoms with Gasteiger partial charge in [0.2, 0.25) is 0 Å². The molecule has 0 unspecified atom stereocenters.